The Morgan fingerprint density at radius 2 is 1.67 bits per heavy atom. The number of hydrogen-bond acceptors (Lipinski definition) is 3. The van der Waals surface area contributed by atoms with Crippen molar-refractivity contribution in [3.8, 4) is 0 Å². The molecule has 0 rings (SSSR count). The highest BCUT2D eigenvalue weighted by Gasteiger charge is 2.19. The van der Waals surface area contributed by atoms with Crippen LogP contribution in [-0.4, -0.2) is 37.1 Å². The topological polar surface area (TPSA) is 29.5 Å². The summed E-state index contributed by atoms with van der Waals surface area (Å²) in [5.41, 5.74) is 0. The Balaban J connectivity index is 4.22. The molecule has 0 aliphatic rings. The van der Waals surface area contributed by atoms with E-state index in [1.165, 1.54) is 7.11 Å². The predicted octanol–water partition coefficient (Wildman–Crippen LogP) is 2.16. The monoisotopic (exact) mass is 215 g/mol. The third kappa shape index (κ3) is 5.78. The summed E-state index contributed by atoms with van der Waals surface area (Å²) >= 11 is 0. The molecular formula is C12H25NO2. The molecule has 0 aliphatic carbocycles. The minimum absolute atomic E-state index is 0.0452. The van der Waals surface area contributed by atoms with Crippen LogP contribution in [0.4, 0.5) is 0 Å². The molecule has 0 amide bonds. The van der Waals surface area contributed by atoms with Gasteiger partial charge in [0.1, 0.15) is 0 Å². The molecule has 0 fully saturated rings. The molecule has 0 heterocycles. The highest BCUT2D eigenvalue weighted by Crippen LogP contribution is 2.09. The Labute approximate surface area is 93.8 Å². The fourth-order valence-electron chi connectivity index (χ4n) is 1.59. The quantitative estimate of drug-likeness (QED) is 0.636. The lowest BCUT2D eigenvalue weighted by Gasteiger charge is -2.29. The highest BCUT2D eigenvalue weighted by molar-refractivity contribution is 5.72. The summed E-state index contributed by atoms with van der Waals surface area (Å²) in [7, 11) is 1.45. The first-order valence-electron chi connectivity index (χ1n) is 5.70. The molecule has 0 bridgehead atoms. The van der Waals surface area contributed by atoms with Gasteiger partial charge < -0.3 is 4.74 Å². The Morgan fingerprint density at radius 1 is 1.13 bits per heavy atom. The van der Waals surface area contributed by atoms with Crippen molar-refractivity contribution >= 4 is 5.97 Å². The van der Waals surface area contributed by atoms with Crippen molar-refractivity contribution in [1.82, 2.24) is 4.90 Å². The van der Waals surface area contributed by atoms with Gasteiger partial charge in [0.05, 0.1) is 13.0 Å². The van der Waals surface area contributed by atoms with Crippen LogP contribution in [0.2, 0.25) is 0 Å². The lowest BCUT2D eigenvalue weighted by atomic mass is 10.1. The summed E-state index contributed by atoms with van der Waals surface area (Å²) in [5.74, 6) is 0.456. The fourth-order valence-corrected chi connectivity index (χ4v) is 1.59. The van der Waals surface area contributed by atoms with E-state index < -0.39 is 0 Å². The van der Waals surface area contributed by atoms with Crippen LogP contribution in [0.5, 0.6) is 0 Å². The van der Waals surface area contributed by atoms with E-state index in [9.17, 15) is 4.79 Å². The van der Waals surface area contributed by atoms with Gasteiger partial charge in [-0.1, -0.05) is 20.8 Å². The molecule has 3 heteroatoms. The SMILES string of the molecule is COC(=O)C(C)CN(CC(C)C)C(C)C. The molecule has 0 aromatic heterocycles. The fraction of sp³-hybridized carbons (Fsp3) is 0.917. The Kier molecular flexibility index (Phi) is 6.57. The van der Waals surface area contributed by atoms with Crippen molar-refractivity contribution in [2.75, 3.05) is 20.2 Å². The van der Waals surface area contributed by atoms with Gasteiger partial charge in [0.15, 0.2) is 0 Å². The van der Waals surface area contributed by atoms with Crippen LogP contribution in [0.3, 0.4) is 0 Å². The van der Waals surface area contributed by atoms with Gasteiger partial charge in [-0.25, -0.2) is 0 Å². The van der Waals surface area contributed by atoms with E-state index in [1.807, 2.05) is 6.92 Å². The molecular weight excluding hydrogens is 190 g/mol. The molecule has 0 aromatic carbocycles. The van der Waals surface area contributed by atoms with Crippen LogP contribution < -0.4 is 0 Å². The predicted molar refractivity (Wildman–Crippen MR) is 62.7 cm³/mol. The number of esters is 1. The van der Waals surface area contributed by atoms with Crippen LogP contribution in [0.25, 0.3) is 0 Å². The lowest BCUT2D eigenvalue weighted by molar-refractivity contribution is -0.145. The molecule has 0 saturated heterocycles. The summed E-state index contributed by atoms with van der Waals surface area (Å²) < 4.78 is 4.73. The summed E-state index contributed by atoms with van der Waals surface area (Å²) in [6.45, 7) is 12.4. The lowest BCUT2D eigenvalue weighted by Crippen LogP contribution is -2.39. The van der Waals surface area contributed by atoms with Crippen molar-refractivity contribution in [1.29, 1.82) is 0 Å². The first-order chi connectivity index (χ1) is 6.88. The van der Waals surface area contributed by atoms with Crippen molar-refractivity contribution in [2.45, 2.75) is 40.7 Å². The molecule has 0 radical (unpaired) electrons. The second-order valence-electron chi connectivity index (χ2n) is 4.87. The summed E-state index contributed by atoms with van der Waals surface area (Å²) in [6.07, 6.45) is 0. The second-order valence-corrected chi connectivity index (χ2v) is 4.87. The van der Waals surface area contributed by atoms with Gasteiger partial charge in [-0.2, -0.15) is 0 Å². The standard InChI is InChI=1S/C12H25NO2/c1-9(2)7-13(10(3)4)8-11(5)12(14)15-6/h9-11H,7-8H2,1-6H3. The zero-order valence-corrected chi connectivity index (χ0v) is 10.9. The molecule has 1 unspecified atom stereocenters. The first-order valence-corrected chi connectivity index (χ1v) is 5.70. The van der Waals surface area contributed by atoms with E-state index in [0.717, 1.165) is 13.1 Å². The minimum atomic E-state index is -0.121. The number of nitrogens with zero attached hydrogens (tertiary/aromatic N) is 1. The van der Waals surface area contributed by atoms with E-state index >= 15 is 0 Å². The highest BCUT2D eigenvalue weighted by atomic mass is 16.5. The smallest absolute Gasteiger partial charge is 0.309 e. The number of ether oxygens (including phenoxy) is 1. The van der Waals surface area contributed by atoms with Crippen LogP contribution in [0.1, 0.15) is 34.6 Å². The van der Waals surface area contributed by atoms with Crippen LogP contribution in [0, 0.1) is 11.8 Å². The maximum Gasteiger partial charge on any atom is 0.309 e. The van der Waals surface area contributed by atoms with Crippen molar-refractivity contribution in [2.24, 2.45) is 11.8 Å². The number of hydrogen-bond donors (Lipinski definition) is 0. The van der Waals surface area contributed by atoms with E-state index in [0.29, 0.717) is 12.0 Å². The number of rotatable bonds is 6. The van der Waals surface area contributed by atoms with Gasteiger partial charge in [0.2, 0.25) is 0 Å². The van der Waals surface area contributed by atoms with Crippen molar-refractivity contribution in [3.05, 3.63) is 0 Å². The molecule has 1 atom stereocenters. The van der Waals surface area contributed by atoms with Gasteiger partial charge in [-0.15, -0.1) is 0 Å². The van der Waals surface area contributed by atoms with E-state index in [4.69, 9.17) is 4.74 Å². The molecule has 0 aromatic rings. The molecule has 90 valence electrons. The summed E-state index contributed by atoms with van der Waals surface area (Å²) in [6, 6.07) is 0.472. The van der Waals surface area contributed by atoms with Gasteiger partial charge in [-0.05, 0) is 19.8 Å². The minimum Gasteiger partial charge on any atom is -0.469 e. The normalized spacial score (nSPS) is 13.7. The van der Waals surface area contributed by atoms with Crippen molar-refractivity contribution < 1.29 is 9.53 Å². The zero-order valence-electron chi connectivity index (χ0n) is 10.9. The zero-order chi connectivity index (χ0) is 12.0. The molecule has 0 spiro atoms. The van der Waals surface area contributed by atoms with E-state index in [-0.39, 0.29) is 11.9 Å². The largest absolute Gasteiger partial charge is 0.469 e. The van der Waals surface area contributed by atoms with Crippen LogP contribution >= 0.6 is 0 Å². The second kappa shape index (κ2) is 6.83. The number of carbonyl (C=O) groups excluding carboxylic acids is 1. The van der Waals surface area contributed by atoms with E-state index in [2.05, 4.69) is 32.6 Å². The van der Waals surface area contributed by atoms with Crippen LogP contribution in [0.15, 0.2) is 0 Å². The third-order valence-corrected chi connectivity index (χ3v) is 2.44. The molecule has 0 saturated carbocycles. The van der Waals surface area contributed by atoms with E-state index in [1.54, 1.807) is 0 Å². The molecule has 0 aliphatic heterocycles. The third-order valence-electron chi connectivity index (χ3n) is 2.44. The summed E-state index contributed by atoms with van der Waals surface area (Å²) in [4.78, 5) is 13.6. The Hall–Kier alpha value is -0.570. The average Bonchev–Trinajstić information content (AvgIpc) is 2.14. The molecule has 3 nitrogen and oxygen atoms in total. The van der Waals surface area contributed by atoms with Gasteiger partial charge in [0.25, 0.3) is 0 Å². The number of methoxy groups -OCH3 is 1. The van der Waals surface area contributed by atoms with Crippen molar-refractivity contribution in [3.63, 3.8) is 0 Å². The van der Waals surface area contributed by atoms with Gasteiger partial charge in [-0.3, -0.25) is 9.69 Å². The van der Waals surface area contributed by atoms with Gasteiger partial charge in [0, 0.05) is 19.1 Å². The molecule has 15 heavy (non-hydrogen) atoms. The number of carbonyl (C=O) groups is 1. The van der Waals surface area contributed by atoms with Crippen LogP contribution in [-0.2, 0) is 9.53 Å². The van der Waals surface area contributed by atoms with Gasteiger partial charge >= 0.3 is 5.97 Å². The maximum absolute atomic E-state index is 11.3. The Morgan fingerprint density at radius 3 is 2.00 bits per heavy atom. The maximum atomic E-state index is 11.3. The summed E-state index contributed by atoms with van der Waals surface area (Å²) in [5, 5.41) is 0. The average molecular weight is 215 g/mol. The molecule has 0 N–H and O–H groups in total. The first kappa shape index (κ1) is 14.4. The Bertz CT molecular complexity index is 190.